The van der Waals surface area contributed by atoms with Gasteiger partial charge in [-0.2, -0.15) is 0 Å². The molecule has 0 spiro atoms. The number of carbonyl (C=O) groups excluding carboxylic acids is 2. The molecule has 6 heteroatoms. The second-order valence-electron chi connectivity index (χ2n) is 6.86. The van der Waals surface area contributed by atoms with Crippen molar-refractivity contribution < 1.29 is 19.4 Å². The van der Waals surface area contributed by atoms with Crippen LogP contribution in [0.1, 0.15) is 24.6 Å². The summed E-state index contributed by atoms with van der Waals surface area (Å²) in [5.74, 6) is -1.58. The molecule has 0 radical (unpaired) electrons. The van der Waals surface area contributed by atoms with Gasteiger partial charge in [0.05, 0.1) is 29.0 Å². The topological polar surface area (TPSA) is 79.7 Å². The first kappa shape index (κ1) is 15.3. The summed E-state index contributed by atoms with van der Waals surface area (Å²) in [7, 11) is 0. The maximum absolute atomic E-state index is 12.2. The van der Waals surface area contributed by atoms with Gasteiger partial charge in [-0.05, 0) is 30.2 Å². The number of aliphatic hydroxyl groups is 1. The fourth-order valence-electron chi connectivity index (χ4n) is 3.96. The van der Waals surface area contributed by atoms with Crippen LogP contribution >= 0.6 is 0 Å². The van der Waals surface area contributed by atoms with Crippen LogP contribution < -0.4 is 0 Å². The molecule has 0 saturated heterocycles. The lowest BCUT2D eigenvalue weighted by Crippen LogP contribution is -2.49. The predicted octanol–water partition coefficient (Wildman–Crippen LogP) is 1.93. The molecule has 4 heterocycles. The molecule has 1 atom stereocenters. The van der Waals surface area contributed by atoms with Gasteiger partial charge in [0.25, 0.3) is 0 Å². The van der Waals surface area contributed by atoms with Gasteiger partial charge in [0.15, 0.2) is 5.60 Å². The quantitative estimate of drug-likeness (QED) is 0.627. The van der Waals surface area contributed by atoms with Crippen LogP contribution in [0.5, 0.6) is 0 Å². The average Bonchev–Trinajstić information content (AvgIpc) is 2.99. The first-order valence-electron chi connectivity index (χ1n) is 8.59. The molecule has 2 aromatic rings. The molecule has 5 rings (SSSR count). The summed E-state index contributed by atoms with van der Waals surface area (Å²) in [6.07, 6.45) is 1.87. The molecule has 0 aliphatic carbocycles. The first-order valence-corrected chi connectivity index (χ1v) is 8.59. The number of aromatic nitrogens is 1. The fourth-order valence-corrected chi connectivity index (χ4v) is 3.96. The highest BCUT2D eigenvalue weighted by Crippen LogP contribution is 2.42. The van der Waals surface area contributed by atoms with Gasteiger partial charge in [-0.25, -0.2) is 14.6 Å². The Bertz CT molecular complexity index is 1070. The predicted molar refractivity (Wildman–Crippen MR) is 93.5 cm³/mol. The number of para-hydroxylation sites is 1. The third kappa shape index (κ3) is 1.87. The van der Waals surface area contributed by atoms with Crippen LogP contribution in [-0.4, -0.2) is 39.1 Å². The number of hydrogen-bond acceptors (Lipinski definition) is 6. The first-order chi connectivity index (χ1) is 12.5. The summed E-state index contributed by atoms with van der Waals surface area (Å²) in [4.78, 5) is 31.2. The van der Waals surface area contributed by atoms with Gasteiger partial charge in [0, 0.05) is 17.5 Å². The number of nitrogens with zero attached hydrogens (tertiary/aromatic N) is 2. The Kier molecular flexibility index (Phi) is 2.95. The smallest absolute Gasteiger partial charge is 0.350 e. The van der Waals surface area contributed by atoms with E-state index >= 15 is 0 Å². The molecule has 6 nitrogen and oxygen atoms in total. The lowest BCUT2D eigenvalue weighted by atomic mass is 9.83. The van der Waals surface area contributed by atoms with Gasteiger partial charge < -0.3 is 14.7 Å². The molecule has 1 aromatic carbocycles. The Morgan fingerprint density at radius 2 is 2.08 bits per heavy atom. The van der Waals surface area contributed by atoms with Crippen LogP contribution in [-0.2, 0) is 20.9 Å². The van der Waals surface area contributed by atoms with Crippen molar-refractivity contribution in [1.82, 2.24) is 9.88 Å². The van der Waals surface area contributed by atoms with Crippen molar-refractivity contribution in [2.24, 2.45) is 0 Å². The number of benzene rings is 1. The van der Waals surface area contributed by atoms with Crippen molar-refractivity contribution in [3.05, 3.63) is 58.8 Å². The van der Waals surface area contributed by atoms with Gasteiger partial charge in [0.1, 0.15) is 0 Å². The largest absolute Gasteiger partial charge is 0.387 e. The summed E-state index contributed by atoms with van der Waals surface area (Å²) in [6.45, 7) is 2.62. The van der Waals surface area contributed by atoms with Crippen molar-refractivity contribution in [3.8, 4) is 0 Å². The second-order valence-corrected chi connectivity index (χ2v) is 6.86. The van der Waals surface area contributed by atoms with Crippen LogP contribution in [0, 0.1) is 0 Å². The Labute approximate surface area is 149 Å². The highest BCUT2D eigenvalue weighted by molar-refractivity contribution is 6.07. The van der Waals surface area contributed by atoms with E-state index in [1.54, 1.807) is 13.0 Å². The normalized spacial score (nSPS) is 24.2. The minimum absolute atomic E-state index is 0.139. The van der Waals surface area contributed by atoms with Crippen LogP contribution in [0.3, 0.4) is 0 Å². The van der Waals surface area contributed by atoms with E-state index in [9.17, 15) is 14.7 Å². The highest BCUT2D eigenvalue weighted by Gasteiger charge is 2.49. The van der Waals surface area contributed by atoms with Gasteiger partial charge >= 0.3 is 11.9 Å². The molecule has 3 aliphatic rings. The molecule has 1 N–H and O–H groups in total. The van der Waals surface area contributed by atoms with Crippen LogP contribution in [0.2, 0.25) is 0 Å². The van der Waals surface area contributed by atoms with Crippen molar-refractivity contribution in [3.63, 3.8) is 0 Å². The van der Waals surface area contributed by atoms with Crippen molar-refractivity contribution in [1.29, 1.82) is 0 Å². The van der Waals surface area contributed by atoms with E-state index in [1.807, 2.05) is 29.2 Å². The fraction of sp³-hybridized carbons (Fsp3) is 0.250. The zero-order chi connectivity index (χ0) is 18.1. The summed E-state index contributed by atoms with van der Waals surface area (Å²) in [5.41, 5.74) is 2.51. The standard InChI is InChI=1S/C20H16N2O4/c1-2-20(25)14-8-16-17-12(7-11-5-3-4-6-15(11)21-17)9-22(16)10-13(14)18(23)26-19(20)24/h3-8,25H,2,9-10H2,1H3. The van der Waals surface area contributed by atoms with E-state index in [0.717, 1.165) is 27.9 Å². The van der Waals surface area contributed by atoms with Crippen LogP contribution in [0.25, 0.3) is 16.6 Å². The molecule has 26 heavy (non-hydrogen) atoms. The zero-order valence-electron chi connectivity index (χ0n) is 14.2. The summed E-state index contributed by atoms with van der Waals surface area (Å²) >= 11 is 0. The number of esters is 2. The van der Waals surface area contributed by atoms with Crippen LogP contribution in [0.15, 0.2) is 47.6 Å². The molecule has 0 amide bonds. The van der Waals surface area contributed by atoms with E-state index in [1.165, 1.54) is 0 Å². The van der Waals surface area contributed by atoms with Gasteiger partial charge in [0.2, 0.25) is 0 Å². The summed E-state index contributed by atoms with van der Waals surface area (Å²) in [6, 6.07) is 9.99. The SMILES string of the molecule is CCC1(O)C(=O)OC(=O)C2=C1C=C1c3nc4ccccc4cc3CN1C2. The maximum atomic E-state index is 12.2. The molecule has 1 aromatic heterocycles. The number of cyclic esters (lactones) is 2. The number of carbonyl (C=O) groups is 2. The second kappa shape index (κ2) is 5.02. The molecule has 0 saturated carbocycles. The molecule has 0 bridgehead atoms. The molecule has 3 aliphatic heterocycles. The van der Waals surface area contributed by atoms with E-state index in [-0.39, 0.29) is 6.42 Å². The molecular weight excluding hydrogens is 332 g/mol. The Morgan fingerprint density at radius 3 is 2.88 bits per heavy atom. The van der Waals surface area contributed by atoms with E-state index in [4.69, 9.17) is 9.72 Å². The van der Waals surface area contributed by atoms with E-state index in [0.29, 0.717) is 24.2 Å². The Balaban J connectivity index is 1.71. The average molecular weight is 348 g/mol. The van der Waals surface area contributed by atoms with Crippen LogP contribution in [0.4, 0.5) is 0 Å². The Morgan fingerprint density at radius 1 is 1.27 bits per heavy atom. The number of fused-ring (bicyclic) bond motifs is 4. The number of hydrogen-bond donors (Lipinski definition) is 1. The van der Waals surface area contributed by atoms with Crippen molar-refractivity contribution in [2.75, 3.05) is 6.54 Å². The highest BCUT2D eigenvalue weighted by atomic mass is 16.6. The summed E-state index contributed by atoms with van der Waals surface area (Å²) < 4.78 is 4.79. The number of rotatable bonds is 1. The third-order valence-corrected chi connectivity index (χ3v) is 5.43. The van der Waals surface area contributed by atoms with E-state index < -0.39 is 17.5 Å². The van der Waals surface area contributed by atoms with Gasteiger partial charge in [-0.3, -0.25) is 0 Å². The third-order valence-electron chi connectivity index (χ3n) is 5.43. The Hall–Kier alpha value is -2.99. The molecule has 130 valence electrons. The lowest BCUT2D eigenvalue weighted by Gasteiger charge is -2.36. The van der Waals surface area contributed by atoms with E-state index in [2.05, 4.69) is 6.07 Å². The molecule has 1 unspecified atom stereocenters. The summed E-state index contributed by atoms with van der Waals surface area (Å²) in [5, 5.41) is 11.9. The van der Waals surface area contributed by atoms with Gasteiger partial charge in [-0.15, -0.1) is 0 Å². The van der Waals surface area contributed by atoms with Gasteiger partial charge in [-0.1, -0.05) is 25.1 Å². The monoisotopic (exact) mass is 348 g/mol. The van der Waals surface area contributed by atoms with Crippen molar-refractivity contribution in [2.45, 2.75) is 25.5 Å². The lowest BCUT2D eigenvalue weighted by molar-refractivity contribution is -0.172. The zero-order valence-corrected chi connectivity index (χ0v) is 14.2. The minimum atomic E-state index is -1.79. The molecular formula is C20H16N2O4. The number of pyridine rings is 1. The minimum Gasteiger partial charge on any atom is -0.387 e. The maximum Gasteiger partial charge on any atom is 0.350 e. The van der Waals surface area contributed by atoms with Crippen molar-refractivity contribution >= 4 is 28.5 Å². The number of ether oxygens (including phenoxy) is 1. The molecule has 0 fully saturated rings.